The SMILES string of the molecule is Cc1cccc(C(=O)N[C@H]2CCC[C@]3(CCN(c4ccccc4)C3=O)C2)n1. The second kappa shape index (κ2) is 7.14. The van der Waals surface area contributed by atoms with Crippen molar-refractivity contribution in [1.29, 1.82) is 0 Å². The molecule has 1 aliphatic carbocycles. The Bertz CT molecular complexity index is 852. The number of hydrogen-bond acceptors (Lipinski definition) is 3. The Balaban J connectivity index is 1.46. The van der Waals surface area contributed by atoms with E-state index < -0.39 is 0 Å². The first-order valence-corrected chi connectivity index (χ1v) is 9.69. The maximum absolute atomic E-state index is 13.2. The van der Waals surface area contributed by atoms with Crippen molar-refractivity contribution in [2.24, 2.45) is 5.41 Å². The summed E-state index contributed by atoms with van der Waals surface area (Å²) in [6.45, 7) is 2.63. The second-order valence-corrected chi connectivity index (χ2v) is 7.75. The number of aryl methyl sites for hydroxylation is 1. The molecule has 1 saturated heterocycles. The highest BCUT2D eigenvalue weighted by molar-refractivity contribution is 6.00. The number of pyridine rings is 1. The minimum Gasteiger partial charge on any atom is -0.348 e. The lowest BCUT2D eigenvalue weighted by Crippen LogP contribution is -2.46. The summed E-state index contributed by atoms with van der Waals surface area (Å²) in [6, 6.07) is 15.3. The topological polar surface area (TPSA) is 62.3 Å². The van der Waals surface area contributed by atoms with Crippen LogP contribution in [0, 0.1) is 12.3 Å². The fourth-order valence-corrected chi connectivity index (χ4v) is 4.51. The van der Waals surface area contributed by atoms with Gasteiger partial charge in [-0.15, -0.1) is 0 Å². The fourth-order valence-electron chi connectivity index (χ4n) is 4.51. The Hall–Kier alpha value is -2.69. The standard InChI is InChI=1S/C22H25N3O2/c1-16-7-5-11-19(23-16)20(26)24-17-8-6-12-22(15-17)13-14-25(21(22)27)18-9-3-2-4-10-18/h2-5,7,9-11,17H,6,8,12-15H2,1H3,(H,24,26)/t17-,22-/m0/s1. The highest BCUT2D eigenvalue weighted by Gasteiger charge is 2.49. The number of nitrogens with zero attached hydrogens (tertiary/aromatic N) is 2. The third-order valence-electron chi connectivity index (χ3n) is 5.88. The van der Waals surface area contributed by atoms with Gasteiger partial charge < -0.3 is 10.2 Å². The van der Waals surface area contributed by atoms with Crippen LogP contribution in [0.1, 0.15) is 48.3 Å². The van der Waals surface area contributed by atoms with Crippen LogP contribution in [0.5, 0.6) is 0 Å². The van der Waals surface area contributed by atoms with Gasteiger partial charge >= 0.3 is 0 Å². The predicted octanol–water partition coefficient (Wildman–Crippen LogP) is 3.49. The summed E-state index contributed by atoms with van der Waals surface area (Å²) in [5.41, 5.74) is 1.89. The Labute approximate surface area is 159 Å². The predicted molar refractivity (Wildman–Crippen MR) is 105 cm³/mol. The third-order valence-corrected chi connectivity index (χ3v) is 5.88. The van der Waals surface area contributed by atoms with Gasteiger partial charge in [0.1, 0.15) is 5.69 Å². The summed E-state index contributed by atoms with van der Waals surface area (Å²) in [6.07, 6.45) is 4.35. The van der Waals surface area contributed by atoms with Gasteiger partial charge in [0.2, 0.25) is 5.91 Å². The van der Waals surface area contributed by atoms with E-state index in [9.17, 15) is 9.59 Å². The molecule has 5 heteroatoms. The zero-order valence-electron chi connectivity index (χ0n) is 15.6. The van der Waals surface area contributed by atoms with Gasteiger partial charge in [-0.3, -0.25) is 9.59 Å². The number of benzene rings is 1. The van der Waals surface area contributed by atoms with Crippen molar-refractivity contribution in [3.63, 3.8) is 0 Å². The van der Waals surface area contributed by atoms with E-state index in [0.717, 1.165) is 43.6 Å². The Morgan fingerprint density at radius 3 is 2.74 bits per heavy atom. The second-order valence-electron chi connectivity index (χ2n) is 7.75. The van der Waals surface area contributed by atoms with Gasteiger partial charge in [-0.2, -0.15) is 0 Å². The molecule has 1 N–H and O–H groups in total. The van der Waals surface area contributed by atoms with Crippen molar-refractivity contribution >= 4 is 17.5 Å². The van der Waals surface area contributed by atoms with Crippen molar-refractivity contribution in [1.82, 2.24) is 10.3 Å². The zero-order valence-corrected chi connectivity index (χ0v) is 15.6. The average molecular weight is 363 g/mol. The van der Waals surface area contributed by atoms with E-state index in [1.54, 1.807) is 6.07 Å². The van der Waals surface area contributed by atoms with Crippen molar-refractivity contribution < 1.29 is 9.59 Å². The number of amides is 2. The highest BCUT2D eigenvalue weighted by Crippen LogP contribution is 2.46. The number of carbonyl (C=O) groups excluding carboxylic acids is 2. The fraction of sp³-hybridized carbons (Fsp3) is 0.409. The van der Waals surface area contributed by atoms with Crippen molar-refractivity contribution in [2.75, 3.05) is 11.4 Å². The largest absolute Gasteiger partial charge is 0.348 e. The summed E-state index contributed by atoms with van der Waals surface area (Å²) < 4.78 is 0. The van der Waals surface area contributed by atoms with Crippen LogP contribution >= 0.6 is 0 Å². The molecule has 2 heterocycles. The molecule has 2 amide bonds. The van der Waals surface area contributed by atoms with Crippen LogP contribution in [-0.4, -0.2) is 29.4 Å². The minimum absolute atomic E-state index is 0.0215. The van der Waals surface area contributed by atoms with Crippen LogP contribution in [0.4, 0.5) is 5.69 Å². The van der Waals surface area contributed by atoms with Crippen LogP contribution in [0.15, 0.2) is 48.5 Å². The molecule has 5 nitrogen and oxygen atoms in total. The van der Waals surface area contributed by atoms with E-state index in [-0.39, 0.29) is 23.3 Å². The molecule has 27 heavy (non-hydrogen) atoms. The first-order chi connectivity index (χ1) is 13.1. The molecule has 0 radical (unpaired) electrons. The van der Waals surface area contributed by atoms with Crippen molar-refractivity contribution in [3.8, 4) is 0 Å². The molecule has 1 saturated carbocycles. The number of aromatic nitrogens is 1. The molecule has 140 valence electrons. The number of rotatable bonds is 3. The Kier molecular flexibility index (Phi) is 4.68. The highest BCUT2D eigenvalue weighted by atomic mass is 16.2. The maximum Gasteiger partial charge on any atom is 0.270 e. The summed E-state index contributed by atoms with van der Waals surface area (Å²) in [7, 11) is 0. The van der Waals surface area contributed by atoms with Gasteiger partial charge in [0.05, 0.1) is 5.41 Å². The summed E-state index contributed by atoms with van der Waals surface area (Å²) in [5.74, 6) is 0.0624. The molecule has 2 aromatic rings. The lowest BCUT2D eigenvalue weighted by atomic mass is 9.71. The van der Waals surface area contributed by atoms with E-state index in [1.807, 2.05) is 54.3 Å². The smallest absolute Gasteiger partial charge is 0.270 e. The molecule has 1 aliphatic heterocycles. The van der Waals surface area contributed by atoms with E-state index in [0.29, 0.717) is 12.1 Å². The maximum atomic E-state index is 13.2. The first-order valence-electron chi connectivity index (χ1n) is 9.69. The summed E-state index contributed by atoms with van der Waals surface area (Å²) in [5, 5.41) is 3.12. The summed E-state index contributed by atoms with van der Waals surface area (Å²) >= 11 is 0. The van der Waals surface area contributed by atoms with Crippen molar-refractivity contribution in [3.05, 3.63) is 59.9 Å². The molecule has 0 unspecified atom stereocenters. The normalized spacial score (nSPS) is 25.0. The lowest BCUT2D eigenvalue weighted by molar-refractivity contribution is -0.127. The third kappa shape index (κ3) is 3.46. The van der Waals surface area contributed by atoms with Gasteiger partial charge in [-0.1, -0.05) is 30.7 Å². The molecular formula is C22H25N3O2. The number of carbonyl (C=O) groups is 2. The van der Waals surface area contributed by atoms with E-state index in [1.165, 1.54) is 0 Å². The van der Waals surface area contributed by atoms with Gasteiger partial charge in [-0.25, -0.2) is 4.98 Å². The first kappa shape index (κ1) is 17.7. The van der Waals surface area contributed by atoms with Crippen molar-refractivity contribution in [2.45, 2.75) is 45.1 Å². The Morgan fingerprint density at radius 1 is 1.15 bits per heavy atom. The quantitative estimate of drug-likeness (QED) is 0.908. The van der Waals surface area contributed by atoms with Gasteiger partial charge in [-0.05, 0) is 56.9 Å². The number of hydrogen-bond donors (Lipinski definition) is 1. The van der Waals surface area contributed by atoms with Gasteiger partial charge in [0, 0.05) is 24.0 Å². The van der Waals surface area contributed by atoms with Crippen LogP contribution in [-0.2, 0) is 4.79 Å². The van der Waals surface area contributed by atoms with E-state index in [2.05, 4.69) is 10.3 Å². The molecule has 1 spiro atoms. The lowest BCUT2D eigenvalue weighted by Gasteiger charge is -2.36. The number of nitrogens with one attached hydrogen (secondary N) is 1. The minimum atomic E-state index is -0.341. The molecule has 2 aliphatic rings. The molecule has 2 atom stereocenters. The molecule has 0 bridgehead atoms. The molecule has 1 aromatic heterocycles. The van der Waals surface area contributed by atoms with Gasteiger partial charge in [0.15, 0.2) is 0 Å². The van der Waals surface area contributed by atoms with E-state index in [4.69, 9.17) is 0 Å². The molecular weight excluding hydrogens is 338 g/mol. The van der Waals surface area contributed by atoms with Crippen LogP contribution in [0.3, 0.4) is 0 Å². The van der Waals surface area contributed by atoms with Crippen LogP contribution < -0.4 is 10.2 Å². The average Bonchev–Trinajstić information content (AvgIpc) is 2.98. The number of anilines is 1. The van der Waals surface area contributed by atoms with Crippen LogP contribution in [0.2, 0.25) is 0 Å². The van der Waals surface area contributed by atoms with Crippen LogP contribution in [0.25, 0.3) is 0 Å². The number of para-hydroxylation sites is 1. The molecule has 4 rings (SSSR count). The van der Waals surface area contributed by atoms with E-state index >= 15 is 0 Å². The Morgan fingerprint density at radius 2 is 1.96 bits per heavy atom. The van der Waals surface area contributed by atoms with Gasteiger partial charge in [0.25, 0.3) is 5.91 Å². The molecule has 1 aromatic carbocycles. The summed E-state index contributed by atoms with van der Waals surface area (Å²) in [4.78, 5) is 32.0. The zero-order chi connectivity index (χ0) is 18.9. The monoisotopic (exact) mass is 363 g/mol. The molecule has 2 fully saturated rings.